The smallest absolute Gasteiger partial charge is 0.240 e. The van der Waals surface area contributed by atoms with E-state index in [9.17, 15) is 4.79 Å². The van der Waals surface area contributed by atoms with Crippen molar-refractivity contribution in [1.82, 2.24) is 9.88 Å². The van der Waals surface area contributed by atoms with Crippen LogP contribution in [-0.2, 0) is 4.79 Å². The molecule has 0 spiro atoms. The third-order valence-electron chi connectivity index (χ3n) is 6.04. The van der Waals surface area contributed by atoms with Gasteiger partial charge in [-0.05, 0) is 38.2 Å². The summed E-state index contributed by atoms with van der Waals surface area (Å²) in [6.07, 6.45) is 0.841. The van der Waals surface area contributed by atoms with Crippen molar-refractivity contribution in [1.29, 1.82) is 0 Å². The molecule has 2 heterocycles. The molecule has 5 rings (SSSR count). The third-order valence-corrected chi connectivity index (χ3v) is 7.08. The zero-order valence-electron chi connectivity index (χ0n) is 20.0. The highest BCUT2D eigenvalue weighted by Gasteiger charge is 2.30. The molecule has 0 radical (unpaired) electrons. The molecule has 0 bridgehead atoms. The number of thiazole rings is 1. The Morgan fingerprint density at radius 3 is 2.11 bits per heavy atom. The molecule has 1 aliphatic rings. The van der Waals surface area contributed by atoms with Crippen molar-refractivity contribution in [2.75, 3.05) is 45.3 Å². The number of aromatic nitrogens is 1. The maximum absolute atomic E-state index is 14.3. The van der Waals surface area contributed by atoms with Crippen LogP contribution >= 0.6 is 11.3 Å². The van der Waals surface area contributed by atoms with Crippen LogP contribution in [0.5, 0.6) is 11.5 Å². The number of carbonyl (C=O) groups is 1. The minimum Gasteiger partial charge on any atom is -0.486 e. The molecular formula is C28H29N3O3S. The molecule has 0 saturated carbocycles. The summed E-state index contributed by atoms with van der Waals surface area (Å²) in [7, 11) is 4.09. The highest BCUT2D eigenvalue weighted by atomic mass is 32.1. The topological polar surface area (TPSA) is 54.9 Å². The van der Waals surface area contributed by atoms with E-state index in [2.05, 4.69) is 4.90 Å². The van der Waals surface area contributed by atoms with Crippen LogP contribution in [0.15, 0.2) is 72.8 Å². The largest absolute Gasteiger partial charge is 0.486 e. The number of amides is 1. The number of hydrogen-bond donors (Lipinski definition) is 0. The van der Waals surface area contributed by atoms with Crippen LogP contribution in [0.3, 0.4) is 0 Å². The fraction of sp³-hybridized carbons (Fsp3) is 0.286. The zero-order chi connectivity index (χ0) is 24.2. The van der Waals surface area contributed by atoms with Gasteiger partial charge in [0.2, 0.25) is 5.91 Å². The number of nitrogens with zero attached hydrogens (tertiary/aromatic N) is 3. The van der Waals surface area contributed by atoms with Gasteiger partial charge >= 0.3 is 0 Å². The molecule has 0 saturated heterocycles. The van der Waals surface area contributed by atoms with E-state index >= 15 is 0 Å². The van der Waals surface area contributed by atoms with Crippen molar-refractivity contribution in [3.63, 3.8) is 0 Å². The minimum absolute atomic E-state index is 0.0254. The molecule has 6 nitrogen and oxygen atoms in total. The zero-order valence-corrected chi connectivity index (χ0v) is 20.8. The first-order valence-electron chi connectivity index (χ1n) is 11.9. The molecule has 0 unspecified atom stereocenters. The summed E-state index contributed by atoms with van der Waals surface area (Å²) in [6.45, 7) is 2.53. The van der Waals surface area contributed by atoms with Crippen LogP contribution in [0.2, 0.25) is 0 Å². The predicted octanol–water partition coefficient (Wildman–Crippen LogP) is 5.18. The second-order valence-electron chi connectivity index (χ2n) is 8.86. The molecule has 0 fully saturated rings. The first-order valence-corrected chi connectivity index (χ1v) is 12.7. The maximum Gasteiger partial charge on any atom is 0.240 e. The third kappa shape index (κ3) is 5.16. The van der Waals surface area contributed by atoms with Crippen LogP contribution in [0.25, 0.3) is 10.2 Å². The lowest BCUT2D eigenvalue weighted by molar-refractivity contribution is -0.119. The fourth-order valence-corrected chi connectivity index (χ4v) is 5.35. The van der Waals surface area contributed by atoms with Crippen LogP contribution in [0.4, 0.5) is 5.13 Å². The molecule has 1 aliphatic heterocycles. The molecule has 7 heteroatoms. The lowest BCUT2D eigenvalue weighted by Gasteiger charge is -2.26. The van der Waals surface area contributed by atoms with Crippen LogP contribution in [-0.4, -0.2) is 56.2 Å². The number of ether oxygens (including phenoxy) is 2. The number of rotatable bonds is 8. The van der Waals surface area contributed by atoms with E-state index in [0.717, 1.165) is 40.1 Å². The summed E-state index contributed by atoms with van der Waals surface area (Å²) in [5.41, 5.74) is 2.76. The lowest BCUT2D eigenvalue weighted by Crippen LogP contribution is -2.37. The van der Waals surface area contributed by atoms with Gasteiger partial charge in [0.15, 0.2) is 16.6 Å². The molecule has 0 atom stereocenters. The second-order valence-corrected chi connectivity index (χ2v) is 9.87. The molecule has 1 aromatic heterocycles. The van der Waals surface area contributed by atoms with E-state index in [0.29, 0.717) is 30.6 Å². The lowest BCUT2D eigenvalue weighted by atomic mass is 9.90. The Morgan fingerprint density at radius 2 is 1.51 bits per heavy atom. The minimum atomic E-state index is -0.413. The number of benzene rings is 3. The predicted molar refractivity (Wildman–Crippen MR) is 141 cm³/mol. The quantitative estimate of drug-likeness (QED) is 0.343. The van der Waals surface area contributed by atoms with E-state index in [1.807, 2.05) is 91.8 Å². The van der Waals surface area contributed by atoms with Gasteiger partial charge in [-0.1, -0.05) is 72.0 Å². The molecule has 0 aliphatic carbocycles. The molecule has 1 amide bonds. The van der Waals surface area contributed by atoms with Crippen LogP contribution in [0, 0.1) is 0 Å². The average Bonchev–Trinajstić information content (AvgIpc) is 3.28. The fourth-order valence-electron chi connectivity index (χ4n) is 4.34. The van der Waals surface area contributed by atoms with Gasteiger partial charge in [-0.25, -0.2) is 4.98 Å². The Bertz CT molecular complexity index is 1210. The van der Waals surface area contributed by atoms with Gasteiger partial charge in [0.1, 0.15) is 13.2 Å². The number of fused-ring (bicyclic) bond motifs is 2. The maximum atomic E-state index is 14.3. The highest BCUT2D eigenvalue weighted by molar-refractivity contribution is 7.22. The van der Waals surface area contributed by atoms with Crippen LogP contribution < -0.4 is 14.4 Å². The van der Waals surface area contributed by atoms with Crippen LogP contribution in [0.1, 0.15) is 23.5 Å². The van der Waals surface area contributed by atoms with Crippen molar-refractivity contribution < 1.29 is 14.3 Å². The summed E-state index contributed by atoms with van der Waals surface area (Å²) in [5.74, 6) is 1.05. The summed E-state index contributed by atoms with van der Waals surface area (Å²) < 4.78 is 12.5. The van der Waals surface area contributed by atoms with Gasteiger partial charge in [0, 0.05) is 18.7 Å². The average molecular weight is 488 g/mol. The summed E-state index contributed by atoms with van der Waals surface area (Å²) >= 11 is 1.52. The Morgan fingerprint density at radius 1 is 0.914 bits per heavy atom. The van der Waals surface area contributed by atoms with Crippen molar-refractivity contribution in [3.8, 4) is 11.5 Å². The van der Waals surface area contributed by atoms with E-state index in [1.165, 1.54) is 11.3 Å². The highest BCUT2D eigenvalue weighted by Crippen LogP contribution is 2.40. The Kier molecular flexibility index (Phi) is 6.97. The van der Waals surface area contributed by atoms with Gasteiger partial charge in [-0.15, -0.1) is 0 Å². The molecule has 0 N–H and O–H groups in total. The molecule has 180 valence electrons. The molecular weight excluding hydrogens is 458 g/mol. The van der Waals surface area contributed by atoms with Gasteiger partial charge in [-0.2, -0.15) is 0 Å². The van der Waals surface area contributed by atoms with E-state index < -0.39 is 5.92 Å². The summed E-state index contributed by atoms with van der Waals surface area (Å²) in [5, 5.41) is 0.697. The molecule has 35 heavy (non-hydrogen) atoms. The standard InChI is InChI=1S/C28H29N3O3S/c1-30(2)14-9-15-31(28-29-22-18-23-24(19-25(22)35-28)34-17-16-33-23)27(32)26(20-10-5-3-6-11-20)21-12-7-4-8-13-21/h3-8,10-13,18-19,26H,9,14-17H2,1-2H3. The molecule has 4 aromatic rings. The Balaban J connectivity index is 1.55. The number of anilines is 1. The van der Waals surface area contributed by atoms with E-state index in [-0.39, 0.29) is 5.91 Å². The van der Waals surface area contributed by atoms with Crippen molar-refractivity contribution in [3.05, 3.63) is 83.9 Å². The summed E-state index contributed by atoms with van der Waals surface area (Å²) in [4.78, 5) is 23.2. The number of hydrogen-bond acceptors (Lipinski definition) is 6. The first-order chi connectivity index (χ1) is 17.1. The number of carbonyl (C=O) groups excluding carboxylic acids is 1. The van der Waals surface area contributed by atoms with Gasteiger partial charge in [0.05, 0.1) is 16.1 Å². The Hall–Kier alpha value is -3.42. The SMILES string of the molecule is CN(C)CCCN(C(=O)C(c1ccccc1)c1ccccc1)c1nc2cc3c(cc2s1)OCCO3. The van der Waals surface area contributed by atoms with E-state index in [1.54, 1.807) is 0 Å². The monoisotopic (exact) mass is 487 g/mol. The molecule has 3 aromatic carbocycles. The van der Waals surface area contributed by atoms with E-state index in [4.69, 9.17) is 14.5 Å². The second kappa shape index (κ2) is 10.5. The normalized spacial score (nSPS) is 12.9. The van der Waals surface area contributed by atoms with Gasteiger partial charge < -0.3 is 14.4 Å². The van der Waals surface area contributed by atoms with Crippen molar-refractivity contribution in [2.45, 2.75) is 12.3 Å². The van der Waals surface area contributed by atoms with Gasteiger partial charge in [-0.3, -0.25) is 9.69 Å². The van der Waals surface area contributed by atoms with Crippen molar-refractivity contribution >= 4 is 32.6 Å². The Labute approximate surface area is 209 Å². The van der Waals surface area contributed by atoms with Crippen molar-refractivity contribution in [2.24, 2.45) is 0 Å². The van der Waals surface area contributed by atoms with Gasteiger partial charge in [0.25, 0.3) is 0 Å². The summed E-state index contributed by atoms with van der Waals surface area (Å²) in [6, 6.07) is 23.9. The first kappa shape index (κ1) is 23.3.